The zero-order valence-electron chi connectivity index (χ0n) is 7.91. The number of carboxylic acids is 1. The summed E-state index contributed by atoms with van der Waals surface area (Å²) >= 11 is 12.5. The Bertz CT molecular complexity index is 582. The number of rotatable bonds is 2. The largest absolute Gasteiger partial charge is 0.478 e. The molecule has 0 aliphatic carbocycles. The summed E-state index contributed by atoms with van der Waals surface area (Å²) in [5.41, 5.74) is -0.0467. The number of fused-ring (bicyclic) bond motifs is 1. The number of hydrogen-bond donors (Lipinski definition) is 1. The standard InChI is InChI=1S/C11H6Cl2O2S/c12-10(13)8(11(14)15)9-7-4-2-1-3-6(7)5-16-9/h1-5H,(H,14,15). The molecule has 2 aromatic rings. The van der Waals surface area contributed by atoms with Gasteiger partial charge in [0.1, 0.15) is 10.1 Å². The fraction of sp³-hybridized carbons (Fsp3) is 0. The van der Waals surface area contributed by atoms with Crippen molar-refractivity contribution in [2.45, 2.75) is 0 Å². The number of hydrogen-bond acceptors (Lipinski definition) is 2. The van der Waals surface area contributed by atoms with Crippen LogP contribution in [0.2, 0.25) is 0 Å². The van der Waals surface area contributed by atoms with Gasteiger partial charge in [0.25, 0.3) is 0 Å². The smallest absolute Gasteiger partial charge is 0.339 e. The minimum Gasteiger partial charge on any atom is -0.478 e. The van der Waals surface area contributed by atoms with E-state index in [1.807, 2.05) is 29.6 Å². The second-order valence-electron chi connectivity index (χ2n) is 3.09. The monoisotopic (exact) mass is 272 g/mol. The van der Waals surface area contributed by atoms with Crippen LogP contribution in [0, 0.1) is 0 Å². The van der Waals surface area contributed by atoms with Crippen LogP contribution >= 0.6 is 34.5 Å². The van der Waals surface area contributed by atoms with Crippen LogP contribution in [-0.4, -0.2) is 11.1 Å². The van der Waals surface area contributed by atoms with Crippen molar-refractivity contribution in [1.82, 2.24) is 0 Å². The highest BCUT2D eigenvalue weighted by Gasteiger charge is 2.18. The first-order valence-electron chi connectivity index (χ1n) is 4.36. The average molecular weight is 273 g/mol. The van der Waals surface area contributed by atoms with Crippen LogP contribution in [-0.2, 0) is 4.79 Å². The molecule has 1 aromatic heterocycles. The van der Waals surface area contributed by atoms with Gasteiger partial charge in [0.2, 0.25) is 0 Å². The zero-order chi connectivity index (χ0) is 11.7. The molecule has 0 spiro atoms. The van der Waals surface area contributed by atoms with E-state index in [1.165, 1.54) is 11.3 Å². The lowest BCUT2D eigenvalue weighted by Gasteiger charge is -2.00. The molecule has 16 heavy (non-hydrogen) atoms. The van der Waals surface area contributed by atoms with Crippen molar-refractivity contribution in [2.75, 3.05) is 0 Å². The number of thiophene rings is 1. The molecular formula is C11H6Cl2O2S. The van der Waals surface area contributed by atoms with E-state index >= 15 is 0 Å². The maximum Gasteiger partial charge on any atom is 0.339 e. The SMILES string of the molecule is O=C(O)C(=C(Cl)Cl)c1scc2ccccc12. The molecule has 0 saturated carbocycles. The summed E-state index contributed by atoms with van der Waals surface area (Å²) in [6.45, 7) is 0. The molecule has 2 rings (SSSR count). The molecule has 0 amide bonds. The van der Waals surface area contributed by atoms with Gasteiger partial charge in [0, 0.05) is 5.39 Å². The van der Waals surface area contributed by atoms with Crippen LogP contribution in [0.15, 0.2) is 34.1 Å². The van der Waals surface area contributed by atoms with Crippen LogP contribution in [0.1, 0.15) is 4.88 Å². The molecule has 0 bridgehead atoms. The Kier molecular flexibility index (Phi) is 3.19. The van der Waals surface area contributed by atoms with E-state index in [2.05, 4.69) is 0 Å². The number of benzene rings is 1. The highest BCUT2D eigenvalue weighted by atomic mass is 35.5. The van der Waals surface area contributed by atoms with Gasteiger partial charge in [0.15, 0.2) is 0 Å². The molecule has 0 fully saturated rings. The molecule has 0 unspecified atom stereocenters. The van der Waals surface area contributed by atoms with E-state index in [0.29, 0.717) is 4.88 Å². The van der Waals surface area contributed by atoms with E-state index in [-0.39, 0.29) is 10.1 Å². The summed E-state index contributed by atoms with van der Waals surface area (Å²) in [5, 5.41) is 12.8. The Hall–Kier alpha value is -1.03. The molecule has 2 nitrogen and oxygen atoms in total. The Labute approximate surface area is 106 Å². The number of aliphatic carboxylic acids is 1. The highest BCUT2D eigenvalue weighted by molar-refractivity contribution is 7.13. The fourth-order valence-corrected chi connectivity index (χ4v) is 2.98. The van der Waals surface area contributed by atoms with Crippen LogP contribution in [0.5, 0.6) is 0 Å². The molecular weight excluding hydrogens is 267 g/mol. The minimum absolute atomic E-state index is 0.0467. The Balaban J connectivity index is 2.72. The lowest BCUT2D eigenvalue weighted by molar-refractivity contribution is -0.130. The van der Waals surface area contributed by atoms with Crippen molar-refractivity contribution in [3.05, 3.63) is 39.0 Å². The maximum atomic E-state index is 11.1. The van der Waals surface area contributed by atoms with Gasteiger partial charge in [-0.1, -0.05) is 47.5 Å². The summed E-state index contributed by atoms with van der Waals surface area (Å²) in [6, 6.07) is 7.50. The van der Waals surface area contributed by atoms with Gasteiger partial charge in [0.05, 0.1) is 4.88 Å². The second-order valence-corrected chi connectivity index (χ2v) is 4.92. The van der Waals surface area contributed by atoms with E-state index in [1.54, 1.807) is 0 Å². The topological polar surface area (TPSA) is 37.3 Å². The van der Waals surface area contributed by atoms with Crippen molar-refractivity contribution < 1.29 is 9.90 Å². The lowest BCUT2D eigenvalue weighted by Crippen LogP contribution is -1.98. The first-order chi connectivity index (χ1) is 7.61. The first kappa shape index (κ1) is 11.5. The third-order valence-electron chi connectivity index (χ3n) is 2.14. The van der Waals surface area contributed by atoms with Gasteiger partial charge in [-0.3, -0.25) is 0 Å². The van der Waals surface area contributed by atoms with Crippen LogP contribution in [0.4, 0.5) is 0 Å². The quantitative estimate of drug-likeness (QED) is 0.835. The Morgan fingerprint density at radius 1 is 1.25 bits per heavy atom. The van der Waals surface area contributed by atoms with Gasteiger partial charge in [-0.05, 0) is 10.8 Å². The van der Waals surface area contributed by atoms with Gasteiger partial charge < -0.3 is 5.11 Å². The van der Waals surface area contributed by atoms with Crippen molar-refractivity contribution in [3.8, 4) is 0 Å². The van der Waals surface area contributed by atoms with Gasteiger partial charge >= 0.3 is 5.97 Å². The van der Waals surface area contributed by atoms with Gasteiger partial charge in [-0.2, -0.15) is 0 Å². The highest BCUT2D eigenvalue weighted by Crippen LogP contribution is 2.35. The molecule has 1 N–H and O–H groups in total. The Morgan fingerprint density at radius 3 is 2.56 bits per heavy atom. The normalized spacial score (nSPS) is 10.4. The van der Waals surface area contributed by atoms with Crippen LogP contribution in [0.3, 0.4) is 0 Å². The predicted molar refractivity (Wildman–Crippen MR) is 68.1 cm³/mol. The summed E-state index contributed by atoms with van der Waals surface area (Å²) < 4.78 is -0.222. The second kappa shape index (κ2) is 4.45. The summed E-state index contributed by atoms with van der Waals surface area (Å²) in [4.78, 5) is 11.6. The van der Waals surface area contributed by atoms with Crippen molar-refractivity contribution in [3.63, 3.8) is 0 Å². The molecule has 1 aromatic carbocycles. The van der Waals surface area contributed by atoms with Crippen molar-refractivity contribution in [2.24, 2.45) is 0 Å². The molecule has 82 valence electrons. The van der Waals surface area contributed by atoms with E-state index < -0.39 is 5.97 Å². The molecule has 1 heterocycles. The minimum atomic E-state index is -1.12. The molecule has 0 aliphatic rings. The van der Waals surface area contributed by atoms with Gasteiger partial charge in [-0.15, -0.1) is 11.3 Å². The molecule has 0 aliphatic heterocycles. The third-order valence-corrected chi connectivity index (χ3v) is 3.55. The molecule has 0 atom stereocenters. The zero-order valence-corrected chi connectivity index (χ0v) is 10.2. The fourth-order valence-electron chi connectivity index (χ4n) is 1.45. The number of carboxylic acid groups (broad SMARTS) is 1. The molecule has 0 saturated heterocycles. The van der Waals surface area contributed by atoms with Crippen molar-refractivity contribution in [1.29, 1.82) is 0 Å². The van der Waals surface area contributed by atoms with Crippen LogP contribution in [0.25, 0.3) is 16.3 Å². The predicted octanol–water partition coefficient (Wildman–Crippen LogP) is 4.13. The number of carbonyl (C=O) groups is 1. The summed E-state index contributed by atoms with van der Waals surface area (Å²) in [7, 11) is 0. The number of halogens is 2. The third kappa shape index (κ3) is 1.94. The lowest BCUT2D eigenvalue weighted by atomic mass is 10.1. The van der Waals surface area contributed by atoms with Crippen LogP contribution < -0.4 is 0 Å². The summed E-state index contributed by atoms with van der Waals surface area (Å²) in [5.74, 6) is -1.12. The average Bonchev–Trinajstić information content (AvgIpc) is 2.61. The maximum absolute atomic E-state index is 11.1. The van der Waals surface area contributed by atoms with E-state index in [0.717, 1.165) is 10.8 Å². The Morgan fingerprint density at radius 2 is 1.94 bits per heavy atom. The van der Waals surface area contributed by atoms with E-state index in [9.17, 15) is 4.79 Å². The van der Waals surface area contributed by atoms with Crippen molar-refractivity contribution >= 4 is 56.9 Å². The van der Waals surface area contributed by atoms with E-state index in [4.69, 9.17) is 28.3 Å². The molecule has 0 radical (unpaired) electrons. The summed E-state index contributed by atoms with van der Waals surface area (Å²) in [6.07, 6.45) is 0. The van der Waals surface area contributed by atoms with Gasteiger partial charge in [-0.25, -0.2) is 4.79 Å². The first-order valence-corrected chi connectivity index (χ1v) is 6.00. The molecule has 5 heteroatoms.